The van der Waals surface area contributed by atoms with Crippen molar-refractivity contribution in [2.45, 2.75) is 40.5 Å². The van der Waals surface area contributed by atoms with Crippen molar-refractivity contribution in [1.82, 2.24) is 0 Å². The van der Waals surface area contributed by atoms with Crippen molar-refractivity contribution in [2.75, 3.05) is 0 Å². The normalized spacial score (nSPS) is 15.2. The van der Waals surface area contributed by atoms with Crippen LogP contribution in [0.4, 0.5) is 0 Å². The molecule has 2 atom stereocenters. The second-order valence-corrected chi connectivity index (χ2v) is 4.18. The maximum Gasteiger partial charge on any atom is 0.221 e. The molecule has 3 nitrogen and oxygen atoms in total. The molecule has 0 bridgehead atoms. The summed E-state index contributed by atoms with van der Waals surface area (Å²) >= 11 is 0. The third kappa shape index (κ3) is 3.48. The van der Waals surface area contributed by atoms with Crippen molar-refractivity contribution in [3.63, 3.8) is 0 Å². The molecule has 0 rings (SSSR count). The van der Waals surface area contributed by atoms with Gasteiger partial charge in [-0.3, -0.25) is 9.59 Å². The van der Waals surface area contributed by atoms with Crippen LogP contribution >= 0.6 is 0 Å². The number of rotatable bonds is 6. The molecule has 0 aliphatic rings. The number of ketones is 1. The number of Topliss-reactive ketones (excluding diaryl/α,β-unsaturated/α-hetero) is 1. The van der Waals surface area contributed by atoms with E-state index in [1.54, 1.807) is 0 Å². The zero-order chi connectivity index (χ0) is 11.3. The number of carbonyl (C=O) groups excluding carboxylic acids is 2. The highest BCUT2D eigenvalue weighted by Gasteiger charge is 2.31. The molecule has 0 aromatic rings. The first-order chi connectivity index (χ1) is 6.41. The van der Waals surface area contributed by atoms with E-state index in [0.29, 0.717) is 6.42 Å². The van der Waals surface area contributed by atoms with E-state index in [2.05, 4.69) is 0 Å². The molecular weight excluding hydrogens is 178 g/mol. The van der Waals surface area contributed by atoms with E-state index in [1.807, 2.05) is 20.8 Å². The number of primary amides is 1. The van der Waals surface area contributed by atoms with Gasteiger partial charge in [-0.2, -0.15) is 0 Å². The van der Waals surface area contributed by atoms with Crippen LogP contribution in [0, 0.1) is 17.8 Å². The van der Waals surface area contributed by atoms with Crippen LogP contribution in [0.5, 0.6) is 0 Å². The lowest BCUT2D eigenvalue weighted by molar-refractivity contribution is -0.132. The quantitative estimate of drug-likeness (QED) is 0.708. The van der Waals surface area contributed by atoms with Gasteiger partial charge in [0.1, 0.15) is 5.78 Å². The van der Waals surface area contributed by atoms with Crippen LogP contribution < -0.4 is 5.73 Å². The molecule has 0 saturated heterocycles. The summed E-state index contributed by atoms with van der Waals surface area (Å²) in [5.74, 6) is -0.612. The van der Waals surface area contributed by atoms with Gasteiger partial charge in [0.05, 0.1) is 0 Å². The van der Waals surface area contributed by atoms with E-state index in [1.165, 1.54) is 6.92 Å². The Morgan fingerprint density at radius 3 is 2.00 bits per heavy atom. The van der Waals surface area contributed by atoms with Crippen molar-refractivity contribution >= 4 is 11.7 Å². The Morgan fingerprint density at radius 2 is 1.79 bits per heavy atom. The summed E-state index contributed by atoms with van der Waals surface area (Å²) in [6.07, 6.45) is 1.59. The third-order valence-electron chi connectivity index (χ3n) is 2.59. The van der Waals surface area contributed by atoms with E-state index < -0.39 is 0 Å². The van der Waals surface area contributed by atoms with E-state index in [9.17, 15) is 9.59 Å². The number of hydrogen-bond donors (Lipinski definition) is 1. The zero-order valence-electron chi connectivity index (χ0n) is 9.54. The van der Waals surface area contributed by atoms with E-state index >= 15 is 0 Å². The minimum atomic E-state index is -0.347. The average Bonchev–Trinajstić information content (AvgIpc) is 2.01. The van der Waals surface area contributed by atoms with Gasteiger partial charge in [0.15, 0.2) is 0 Å². The molecule has 14 heavy (non-hydrogen) atoms. The van der Waals surface area contributed by atoms with Gasteiger partial charge in [0.2, 0.25) is 5.91 Å². The molecule has 0 aliphatic carbocycles. The molecule has 3 heteroatoms. The maximum absolute atomic E-state index is 11.4. The van der Waals surface area contributed by atoms with Crippen molar-refractivity contribution in [2.24, 2.45) is 23.5 Å². The van der Waals surface area contributed by atoms with Crippen LogP contribution in [0.1, 0.15) is 40.5 Å². The number of amides is 1. The lowest BCUT2D eigenvalue weighted by atomic mass is 9.78. The monoisotopic (exact) mass is 199 g/mol. The fourth-order valence-electron chi connectivity index (χ4n) is 2.03. The predicted octanol–water partition coefficient (Wildman–Crippen LogP) is 1.75. The topological polar surface area (TPSA) is 60.2 Å². The standard InChI is InChI=1S/C11H21NO2/c1-5-6-9(11(12)14)10(7(2)3)8(4)13/h7,9-10H,5-6H2,1-4H3,(H2,12,14)/t9-,10?/m0/s1. The van der Waals surface area contributed by atoms with Crippen LogP contribution in [0.15, 0.2) is 0 Å². The van der Waals surface area contributed by atoms with Crippen molar-refractivity contribution in [3.8, 4) is 0 Å². The third-order valence-corrected chi connectivity index (χ3v) is 2.59. The largest absolute Gasteiger partial charge is 0.369 e. The van der Waals surface area contributed by atoms with Gasteiger partial charge in [-0.25, -0.2) is 0 Å². The molecule has 0 radical (unpaired) electrons. The molecule has 0 aromatic carbocycles. The predicted molar refractivity (Wildman–Crippen MR) is 56.6 cm³/mol. The second kappa shape index (κ2) is 5.78. The highest BCUT2D eigenvalue weighted by molar-refractivity contribution is 5.86. The Morgan fingerprint density at radius 1 is 1.29 bits per heavy atom. The van der Waals surface area contributed by atoms with E-state index in [4.69, 9.17) is 5.73 Å². The summed E-state index contributed by atoms with van der Waals surface area (Å²) in [7, 11) is 0. The smallest absolute Gasteiger partial charge is 0.221 e. The van der Waals surface area contributed by atoms with Crippen LogP contribution in [-0.2, 0) is 9.59 Å². The maximum atomic E-state index is 11.4. The first kappa shape index (κ1) is 13.1. The minimum Gasteiger partial charge on any atom is -0.369 e. The molecule has 0 aliphatic heterocycles. The zero-order valence-corrected chi connectivity index (χ0v) is 9.54. The molecule has 1 amide bonds. The SMILES string of the molecule is CCC[C@H](C(N)=O)C(C(C)=O)C(C)C. The van der Waals surface area contributed by atoms with Gasteiger partial charge in [-0.15, -0.1) is 0 Å². The molecule has 2 N–H and O–H groups in total. The van der Waals surface area contributed by atoms with E-state index in [0.717, 1.165) is 6.42 Å². The fraction of sp³-hybridized carbons (Fsp3) is 0.818. The van der Waals surface area contributed by atoms with Gasteiger partial charge in [-0.05, 0) is 19.3 Å². The highest BCUT2D eigenvalue weighted by Crippen LogP contribution is 2.25. The van der Waals surface area contributed by atoms with Gasteiger partial charge >= 0.3 is 0 Å². The van der Waals surface area contributed by atoms with Gasteiger partial charge < -0.3 is 5.73 Å². The van der Waals surface area contributed by atoms with Crippen LogP contribution in [-0.4, -0.2) is 11.7 Å². The van der Waals surface area contributed by atoms with Crippen LogP contribution in [0.2, 0.25) is 0 Å². The summed E-state index contributed by atoms with van der Waals surface area (Å²) < 4.78 is 0. The second-order valence-electron chi connectivity index (χ2n) is 4.18. The molecule has 0 spiro atoms. The van der Waals surface area contributed by atoms with Gasteiger partial charge in [0, 0.05) is 11.8 Å². The van der Waals surface area contributed by atoms with Crippen molar-refractivity contribution in [1.29, 1.82) is 0 Å². The Kier molecular flexibility index (Phi) is 5.43. The first-order valence-electron chi connectivity index (χ1n) is 5.21. The minimum absolute atomic E-state index is 0.0669. The summed E-state index contributed by atoms with van der Waals surface area (Å²) in [4.78, 5) is 22.6. The Hall–Kier alpha value is -0.860. The lowest BCUT2D eigenvalue weighted by Crippen LogP contribution is -2.36. The lowest BCUT2D eigenvalue weighted by Gasteiger charge is -2.25. The molecule has 0 saturated carbocycles. The molecule has 1 unspecified atom stereocenters. The molecular formula is C11H21NO2. The van der Waals surface area contributed by atoms with Crippen molar-refractivity contribution < 1.29 is 9.59 Å². The molecule has 0 fully saturated rings. The van der Waals surface area contributed by atoms with E-state index in [-0.39, 0.29) is 29.4 Å². The van der Waals surface area contributed by atoms with Gasteiger partial charge in [0.25, 0.3) is 0 Å². The number of nitrogens with two attached hydrogens (primary N) is 1. The van der Waals surface area contributed by atoms with Gasteiger partial charge in [-0.1, -0.05) is 27.2 Å². The Balaban J connectivity index is 4.73. The molecule has 82 valence electrons. The Labute approximate surface area is 86.1 Å². The average molecular weight is 199 g/mol. The summed E-state index contributed by atoms with van der Waals surface area (Å²) in [6.45, 7) is 7.44. The van der Waals surface area contributed by atoms with Crippen LogP contribution in [0.3, 0.4) is 0 Å². The van der Waals surface area contributed by atoms with Crippen LogP contribution in [0.25, 0.3) is 0 Å². The fourth-order valence-corrected chi connectivity index (χ4v) is 2.03. The summed E-state index contributed by atoms with van der Waals surface area (Å²) in [5.41, 5.74) is 5.31. The Bertz CT molecular complexity index is 211. The first-order valence-corrected chi connectivity index (χ1v) is 5.21. The van der Waals surface area contributed by atoms with Crippen molar-refractivity contribution in [3.05, 3.63) is 0 Å². The molecule has 0 aromatic heterocycles. The summed E-state index contributed by atoms with van der Waals surface area (Å²) in [6, 6.07) is 0. The molecule has 0 heterocycles. The number of hydrogen-bond acceptors (Lipinski definition) is 2. The highest BCUT2D eigenvalue weighted by atomic mass is 16.1. The summed E-state index contributed by atoms with van der Waals surface area (Å²) in [5, 5.41) is 0. The number of carbonyl (C=O) groups is 2.